The van der Waals surface area contributed by atoms with E-state index in [9.17, 15) is 10.2 Å². The molecule has 2 aromatic rings. The van der Waals surface area contributed by atoms with Crippen molar-refractivity contribution in [2.24, 2.45) is 0 Å². The Balaban J connectivity index is 2.15. The largest absolute Gasteiger partial charge is 0.394 e. The molecular formula is C11H15N5O4. The summed E-state index contributed by atoms with van der Waals surface area (Å²) in [5.41, 5.74) is 6.51. The molecule has 9 nitrogen and oxygen atoms in total. The summed E-state index contributed by atoms with van der Waals surface area (Å²) in [6, 6.07) is 0. The molecule has 9 heteroatoms. The first-order valence-corrected chi connectivity index (χ1v) is 6.08. The molecule has 0 aromatic carbocycles. The van der Waals surface area contributed by atoms with Gasteiger partial charge in [-0.05, 0) is 0 Å². The van der Waals surface area contributed by atoms with Crippen molar-refractivity contribution in [1.29, 1.82) is 0 Å². The monoisotopic (exact) mass is 281 g/mol. The number of nitrogen functional groups attached to an aromatic ring is 1. The molecule has 1 aliphatic heterocycles. The summed E-state index contributed by atoms with van der Waals surface area (Å²) in [6.45, 7) is -0.216. The van der Waals surface area contributed by atoms with Crippen LogP contribution in [-0.2, 0) is 15.4 Å². The molecule has 3 heterocycles. The van der Waals surface area contributed by atoms with Gasteiger partial charge < -0.3 is 25.4 Å². The number of rotatable bonds is 3. The highest BCUT2D eigenvalue weighted by atomic mass is 16.7. The lowest BCUT2D eigenvalue weighted by atomic mass is 10.2. The summed E-state index contributed by atoms with van der Waals surface area (Å²) in [5.74, 6) is -1.26. The number of ether oxygens (including phenoxy) is 2. The van der Waals surface area contributed by atoms with Crippen molar-refractivity contribution in [2.45, 2.75) is 24.5 Å². The van der Waals surface area contributed by atoms with E-state index in [-0.39, 0.29) is 18.8 Å². The topological polar surface area (TPSA) is 129 Å². The van der Waals surface area contributed by atoms with E-state index < -0.39 is 18.1 Å². The van der Waals surface area contributed by atoms with Crippen molar-refractivity contribution in [3.63, 3.8) is 0 Å². The van der Waals surface area contributed by atoms with Crippen LogP contribution < -0.4 is 5.73 Å². The SMILES string of the molecule is CO[C@@]1(n2cnc3c(N)ncnc32)O[C@H](CO)C[C@H]1O. The molecule has 108 valence electrons. The fourth-order valence-corrected chi connectivity index (χ4v) is 2.46. The number of anilines is 1. The molecule has 20 heavy (non-hydrogen) atoms. The third-order valence-corrected chi connectivity index (χ3v) is 3.44. The predicted molar refractivity (Wildman–Crippen MR) is 67.3 cm³/mol. The Morgan fingerprint density at radius 2 is 2.35 bits per heavy atom. The molecule has 3 rings (SSSR count). The van der Waals surface area contributed by atoms with Crippen molar-refractivity contribution in [2.75, 3.05) is 19.5 Å². The van der Waals surface area contributed by atoms with Gasteiger partial charge in [0.05, 0.1) is 12.7 Å². The van der Waals surface area contributed by atoms with Gasteiger partial charge in [-0.15, -0.1) is 0 Å². The first-order chi connectivity index (χ1) is 9.62. The van der Waals surface area contributed by atoms with Crippen molar-refractivity contribution in [3.8, 4) is 0 Å². The first kappa shape index (κ1) is 13.2. The van der Waals surface area contributed by atoms with Crippen LogP contribution in [0.5, 0.6) is 0 Å². The molecule has 1 fully saturated rings. The summed E-state index contributed by atoms with van der Waals surface area (Å²) < 4.78 is 12.5. The Morgan fingerprint density at radius 1 is 1.55 bits per heavy atom. The Bertz CT molecular complexity index is 632. The lowest BCUT2D eigenvalue weighted by molar-refractivity contribution is -0.301. The van der Waals surface area contributed by atoms with Crippen LogP contribution in [0, 0.1) is 0 Å². The van der Waals surface area contributed by atoms with Gasteiger partial charge in [-0.1, -0.05) is 0 Å². The van der Waals surface area contributed by atoms with Gasteiger partial charge in [0.15, 0.2) is 11.5 Å². The van der Waals surface area contributed by atoms with Crippen LogP contribution in [0.15, 0.2) is 12.7 Å². The van der Waals surface area contributed by atoms with Crippen LogP contribution >= 0.6 is 0 Å². The van der Waals surface area contributed by atoms with Gasteiger partial charge in [-0.25, -0.2) is 15.0 Å². The van der Waals surface area contributed by atoms with Gasteiger partial charge in [0.2, 0.25) is 0 Å². The molecule has 0 saturated carbocycles. The third kappa shape index (κ3) is 1.68. The van der Waals surface area contributed by atoms with E-state index in [4.69, 9.17) is 15.2 Å². The summed E-state index contributed by atoms with van der Waals surface area (Å²) >= 11 is 0. The minimum atomic E-state index is -1.48. The van der Waals surface area contributed by atoms with Gasteiger partial charge in [0.25, 0.3) is 5.91 Å². The zero-order valence-electron chi connectivity index (χ0n) is 10.8. The molecule has 0 unspecified atom stereocenters. The fraction of sp³-hybridized carbons (Fsp3) is 0.545. The van der Waals surface area contributed by atoms with E-state index in [0.29, 0.717) is 11.2 Å². The fourth-order valence-electron chi connectivity index (χ4n) is 2.46. The number of aliphatic hydroxyl groups is 2. The summed E-state index contributed by atoms with van der Waals surface area (Å²) in [6.07, 6.45) is 1.46. The average Bonchev–Trinajstić information content (AvgIpc) is 3.01. The molecule has 3 atom stereocenters. The van der Waals surface area contributed by atoms with E-state index in [2.05, 4.69) is 15.0 Å². The maximum atomic E-state index is 10.3. The second-order valence-electron chi connectivity index (χ2n) is 4.55. The number of aromatic nitrogens is 4. The van der Waals surface area contributed by atoms with Crippen LogP contribution in [0.3, 0.4) is 0 Å². The van der Waals surface area contributed by atoms with Gasteiger partial charge in [-0.2, -0.15) is 0 Å². The van der Waals surface area contributed by atoms with E-state index in [0.717, 1.165) is 0 Å². The highest BCUT2D eigenvalue weighted by Gasteiger charge is 2.51. The van der Waals surface area contributed by atoms with Crippen LogP contribution in [0.1, 0.15) is 6.42 Å². The van der Waals surface area contributed by atoms with E-state index in [1.54, 1.807) is 0 Å². The zero-order valence-corrected chi connectivity index (χ0v) is 10.8. The molecule has 4 N–H and O–H groups in total. The molecule has 2 aromatic heterocycles. The third-order valence-electron chi connectivity index (χ3n) is 3.44. The Hall–Kier alpha value is -1.81. The minimum Gasteiger partial charge on any atom is -0.394 e. The Morgan fingerprint density at radius 3 is 3.00 bits per heavy atom. The molecule has 0 spiro atoms. The normalized spacial score (nSPS) is 30.1. The molecule has 0 radical (unpaired) electrons. The summed E-state index contributed by atoms with van der Waals surface area (Å²) in [7, 11) is 1.40. The molecule has 1 aliphatic rings. The Kier molecular flexibility index (Phi) is 3.05. The number of methoxy groups -OCH3 is 1. The number of nitrogens with zero attached hydrogens (tertiary/aromatic N) is 4. The number of aliphatic hydroxyl groups excluding tert-OH is 2. The van der Waals surface area contributed by atoms with Crippen molar-refractivity contribution >= 4 is 17.0 Å². The second kappa shape index (κ2) is 4.63. The predicted octanol–water partition coefficient (Wildman–Crippen LogP) is -1.19. The van der Waals surface area contributed by atoms with E-state index in [1.807, 2.05) is 0 Å². The maximum absolute atomic E-state index is 10.3. The van der Waals surface area contributed by atoms with Crippen LogP contribution in [-0.4, -0.2) is 55.7 Å². The standard InChI is InChI=1S/C11H15N5O4/c1-19-11(7(18)2-6(3-17)20-11)16-5-15-8-9(12)13-4-14-10(8)16/h4-7,17-18H,2-3H2,1H3,(H2,12,13,14)/t6-,7+,11+/m0/s1. The highest BCUT2D eigenvalue weighted by molar-refractivity contribution is 5.81. The molecule has 0 aliphatic carbocycles. The van der Waals surface area contributed by atoms with Crippen LogP contribution in [0.25, 0.3) is 11.2 Å². The number of fused-ring (bicyclic) bond motifs is 1. The first-order valence-electron chi connectivity index (χ1n) is 6.08. The highest BCUT2D eigenvalue weighted by Crippen LogP contribution is 2.37. The Labute approximate surface area is 114 Å². The number of hydrogen-bond acceptors (Lipinski definition) is 8. The van der Waals surface area contributed by atoms with Gasteiger partial charge >= 0.3 is 0 Å². The van der Waals surface area contributed by atoms with E-state index >= 15 is 0 Å². The van der Waals surface area contributed by atoms with Crippen molar-refractivity contribution in [1.82, 2.24) is 19.5 Å². The van der Waals surface area contributed by atoms with Crippen LogP contribution in [0.2, 0.25) is 0 Å². The smallest absolute Gasteiger partial charge is 0.285 e. The molecular weight excluding hydrogens is 266 g/mol. The van der Waals surface area contributed by atoms with Gasteiger partial charge in [0.1, 0.15) is 24.3 Å². The second-order valence-corrected chi connectivity index (χ2v) is 4.55. The average molecular weight is 281 g/mol. The van der Waals surface area contributed by atoms with E-state index in [1.165, 1.54) is 24.3 Å². The minimum absolute atomic E-state index is 0.216. The van der Waals surface area contributed by atoms with Crippen molar-refractivity contribution in [3.05, 3.63) is 12.7 Å². The van der Waals surface area contributed by atoms with Gasteiger partial charge in [-0.3, -0.25) is 4.57 Å². The molecule has 0 bridgehead atoms. The quantitative estimate of drug-likeness (QED) is 0.640. The zero-order chi connectivity index (χ0) is 14.3. The van der Waals surface area contributed by atoms with Gasteiger partial charge in [0, 0.05) is 13.5 Å². The number of nitrogens with two attached hydrogens (primary N) is 1. The van der Waals surface area contributed by atoms with Crippen molar-refractivity contribution < 1.29 is 19.7 Å². The summed E-state index contributed by atoms with van der Waals surface area (Å²) in [4.78, 5) is 12.1. The molecule has 1 saturated heterocycles. The number of hydrogen-bond donors (Lipinski definition) is 3. The maximum Gasteiger partial charge on any atom is 0.285 e. The summed E-state index contributed by atoms with van der Waals surface area (Å²) in [5, 5.41) is 19.5. The lowest BCUT2D eigenvalue weighted by Gasteiger charge is -2.31. The molecule has 0 amide bonds. The van der Waals surface area contributed by atoms with Crippen LogP contribution in [0.4, 0.5) is 5.82 Å². The number of imidazole rings is 1. The lowest BCUT2D eigenvalue weighted by Crippen LogP contribution is -2.44.